The molecule has 100 valence electrons. The fraction of sp³-hybridized carbons (Fsp3) is 0.267. The van der Waals surface area contributed by atoms with Crippen LogP contribution in [0.5, 0.6) is 5.75 Å². The van der Waals surface area contributed by atoms with Crippen LogP contribution in [0.15, 0.2) is 47.8 Å². The van der Waals surface area contributed by atoms with Crippen molar-refractivity contribution in [1.29, 1.82) is 0 Å². The zero-order valence-electron chi connectivity index (χ0n) is 11.0. The summed E-state index contributed by atoms with van der Waals surface area (Å²) in [5.41, 5.74) is 8.22. The molecule has 0 radical (unpaired) electrons. The first kappa shape index (κ1) is 13.2. The topological polar surface area (TPSA) is 66.6 Å². The smallest absolute Gasteiger partial charge is 0.265 e. The van der Waals surface area contributed by atoms with Crippen molar-refractivity contribution in [3.05, 3.63) is 53.4 Å². The van der Waals surface area contributed by atoms with Crippen LogP contribution in [0, 0.1) is 0 Å². The van der Waals surface area contributed by atoms with E-state index in [0.717, 1.165) is 30.4 Å². The molecule has 3 N–H and O–H groups in total. The van der Waals surface area contributed by atoms with E-state index in [1.165, 1.54) is 0 Å². The molecule has 0 spiro atoms. The van der Waals surface area contributed by atoms with Gasteiger partial charge in [-0.3, -0.25) is 4.79 Å². The number of hydrogen-bond donors (Lipinski definition) is 2. The number of primary amides is 1. The van der Waals surface area contributed by atoms with E-state index >= 15 is 0 Å². The van der Waals surface area contributed by atoms with Crippen LogP contribution < -0.4 is 5.73 Å². The van der Waals surface area contributed by atoms with Gasteiger partial charge in [-0.15, -0.1) is 0 Å². The van der Waals surface area contributed by atoms with Gasteiger partial charge in [-0.25, -0.2) is 0 Å². The predicted octanol–water partition coefficient (Wildman–Crippen LogP) is 1.91. The van der Waals surface area contributed by atoms with Gasteiger partial charge < -0.3 is 15.7 Å². The van der Waals surface area contributed by atoms with Gasteiger partial charge >= 0.3 is 0 Å². The monoisotopic (exact) mass is 258 g/mol. The Hall–Kier alpha value is -2.23. The number of allylic oxidation sites excluding steroid dienone is 2. The number of aryl methyl sites for hydroxylation is 1. The minimum absolute atomic E-state index is 0.265. The van der Waals surface area contributed by atoms with Crippen LogP contribution in [-0.2, 0) is 11.2 Å². The number of carbonyl (C=O) groups excluding carboxylic acids is 1. The molecule has 0 bridgehead atoms. The van der Waals surface area contributed by atoms with Crippen LogP contribution in [-0.4, -0.2) is 23.0 Å². The fourth-order valence-corrected chi connectivity index (χ4v) is 2.30. The Morgan fingerprint density at radius 2 is 2.00 bits per heavy atom. The number of likely N-dealkylation sites (N-methyl/N-ethyl adjacent to an activating group) is 1. The summed E-state index contributed by atoms with van der Waals surface area (Å²) in [5, 5.41) is 9.24. The van der Waals surface area contributed by atoms with Gasteiger partial charge in [-0.05, 0) is 42.5 Å². The first-order valence-electron chi connectivity index (χ1n) is 6.27. The van der Waals surface area contributed by atoms with Crippen molar-refractivity contribution in [2.45, 2.75) is 19.3 Å². The maximum absolute atomic E-state index is 11.5. The van der Waals surface area contributed by atoms with Crippen molar-refractivity contribution in [2.75, 3.05) is 7.05 Å². The summed E-state index contributed by atoms with van der Waals surface area (Å²) >= 11 is 0. The van der Waals surface area contributed by atoms with Gasteiger partial charge in [0.2, 0.25) is 0 Å². The summed E-state index contributed by atoms with van der Waals surface area (Å²) in [6.45, 7) is 0. The summed E-state index contributed by atoms with van der Waals surface area (Å²) < 4.78 is 0. The number of benzene rings is 1. The number of phenolic OH excluding ortho intramolecular Hbond substituents is 1. The van der Waals surface area contributed by atoms with E-state index in [1.807, 2.05) is 31.5 Å². The summed E-state index contributed by atoms with van der Waals surface area (Å²) in [6.07, 6.45) is 6.27. The summed E-state index contributed by atoms with van der Waals surface area (Å²) in [6, 6.07) is 7.13. The third-order valence-electron chi connectivity index (χ3n) is 3.27. The number of nitrogens with zero attached hydrogens (tertiary/aromatic N) is 1. The largest absolute Gasteiger partial charge is 0.508 e. The van der Waals surface area contributed by atoms with Gasteiger partial charge in [0.1, 0.15) is 11.4 Å². The van der Waals surface area contributed by atoms with E-state index in [4.69, 9.17) is 5.73 Å². The number of amides is 1. The lowest BCUT2D eigenvalue weighted by atomic mass is 9.98. The standard InChI is InChI=1S/C15H18N2O2/c1-17-10-2-3-12(14(17)15(16)19)7-4-11-5-8-13(18)9-6-11/h2,5-6,8-10,18H,3-4,7H2,1H3,(H2,16,19). The third kappa shape index (κ3) is 3.16. The number of hydrogen-bond acceptors (Lipinski definition) is 3. The molecule has 0 fully saturated rings. The molecule has 0 unspecified atom stereocenters. The highest BCUT2D eigenvalue weighted by Crippen LogP contribution is 2.23. The number of nitrogens with two attached hydrogens (primary N) is 1. The molecule has 1 amide bonds. The van der Waals surface area contributed by atoms with E-state index < -0.39 is 0 Å². The lowest BCUT2D eigenvalue weighted by Crippen LogP contribution is -2.28. The van der Waals surface area contributed by atoms with E-state index in [0.29, 0.717) is 5.70 Å². The Bertz CT molecular complexity index is 530. The van der Waals surface area contributed by atoms with Crippen LogP contribution in [0.2, 0.25) is 0 Å². The van der Waals surface area contributed by atoms with Crippen molar-refractivity contribution < 1.29 is 9.90 Å². The molecule has 1 aliphatic rings. The molecule has 1 aliphatic heterocycles. The van der Waals surface area contributed by atoms with E-state index in [-0.39, 0.29) is 11.7 Å². The third-order valence-corrected chi connectivity index (χ3v) is 3.27. The van der Waals surface area contributed by atoms with Gasteiger partial charge in [0.25, 0.3) is 5.91 Å². The Morgan fingerprint density at radius 1 is 1.32 bits per heavy atom. The Kier molecular flexibility index (Phi) is 3.90. The molecule has 0 aliphatic carbocycles. The minimum atomic E-state index is -0.382. The van der Waals surface area contributed by atoms with Crippen molar-refractivity contribution in [2.24, 2.45) is 5.73 Å². The first-order chi connectivity index (χ1) is 9.08. The second-order valence-electron chi connectivity index (χ2n) is 4.68. The quantitative estimate of drug-likeness (QED) is 0.867. The average molecular weight is 258 g/mol. The minimum Gasteiger partial charge on any atom is -0.508 e. The Balaban J connectivity index is 2.10. The molecule has 2 rings (SSSR count). The van der Waals surface area contributed by atoms with Crippen molar-refractivity contribution in [3.63, 3.8) is 0 Å². The predicted molar refractivity (Wildman–Crippen MR) is 74.2 cm³/mol. The molecular weight excluding hydrogens is 240 g/mol. The van der Waals surface area contributed by atoms with Gasteiger partial charge in [-0.1, -0.05) is 18.2 Å². The number of rotatable bonds is 4. The van der Waals surface area contributed by atoms with Crippen LogP contribution >= 0.6 is 0 Å². The molecule has 0 saturated carbocycles. The normalized spacial score (nSPS) is 14.9. The van der Waals surface area contributed by atoms with E-state index in [2.05, 4.69) is 0 Å². The second-order valence-corrected chi connectivity index (χ2v) is 4.68. The summed E-state index contributed by atoms with van der Waals surface area (Å²) in [4.78, 5) is 13.3. The highest BCUT2D eigenvalue weighted by atomic mass is 16.3. The van der Waals surface area contributed by atoms with Crippen molar-refractivity contribution in [1.82, 2.24) is 4.90 Å². The van der Waals surface area contributed by atoms with Crippen molar-refractivity contribution in [3.8, 4) is 5.75 Å². The van der Waals surface area contributed by atoms with Crippen LogP contribution in [0.1, 0.15) is 18.4 Å². The van der Waals surface area contributed by atoms with Gasteiger partial charge in [0.15, 0.2) is 0 Å². The number of phenols is 1. The van der Waals surface area contributed by atoms with Crippen LogP contribution in [0.25, 0.3) is 0 Å². The fourth-order valence-electron chi connectivity index (χ4n) is 2.30. The molecular formula is C15H18N2O2. The first-order valence-corrected chi connectivity index (χ1v) is 6.27. The highest BCUT2D eigenvalue weighted by Gasteiger charge is 2.17. The highest BCUT2D eigenvalue weighted by molar-refractivity contribution is 5.92. The second kappa shape index (κ2) is 5.61. The molecule has 4 nitrogen and oxygen atoms in total. The summed E-state index contributed by atoms with van der Waals surface area (Å²) in [7, 11) is 1.83. The number of aromatic hydroxyl groups is 1. The maximum atomic E-state index is 11.5. The number of carbonyl (C=O) groups is 1. The SMILES string of the molecule is CN1C=CCC(CCc2ccc(O)cc2)=C1C(N)=O. The average Bonchev–Trinajstić information content (AvgIpc) is 2.37. The molecule has 1 aromatic rings. The molecule has 0 atom stereocenters. The van der Waals surface area contributed by atoms with Gasteiger partial charge in [-0.2, -0.15) is 0 Å². The zero-order valence-corrected chi connectivity index (χ0v) is 11.0. The molecule has 1 aromatic carbocycles. The molecule has 4 heteroatoms. The Labute approximate surface area is 112 Å². The van der Waals surface area contributed by atoms with Crippen LogP contribution in [0.4, 0.5) is 0 Å². The Morgan fingerprint density at radius 3 is 2.63 bits per heavy atom. The van der Waals surface area contributed by atoms with Crippen molar-refractivity contribution >= 4 is 5.91 Å². The molecule has 19 heavy (non-hydrogen) atoms. The van der Waals surface area contributed by atoms with E-state index in [1.54, 1.807) is 17.0 Å². The van der Waals surface area contributed by atoms with Gasteiger partial charge in [0, 0.05) is 13.2 Å². The molecule has 0 saturated heterocycles. The van der Waals surface area contributed by atoms with E-state index in [9.17, 15) is 9.90 Å². The summed E-state index contributed by atoms with van der Waals surface area (Å²) in [5.74, 6) is -0.117. The lowest BCUT2D eigenvalue weighted by Gasteiger charge is -2.23. The zero-order chi connectivity index (χ0) is 13.8. The molecule has 1 heterocycles. The molecule has 0 aromatic heterocycles. The van der Waals surface area contributed by atoms with Gasteiger partial charge in [0.05, 0.1) is 0 Å². The lowest BCUT2D eigenvalue weighted by molar-refractivity contribution is -0.115. The van der Waals surface area contributed by atoms with Crippen LogP contribution in [0.3, 0.4) is 0 Å². The maximum Gasteiger partial charge on any atom is 0.265 e.